The fraction of sp³-hybridized carbons (Fsp3) is 0.500. The quantitative estimate of drug-likeness (QED) is 0.513. The van der Waals surface area contributed by atoms with E-state index in [-0.39, 0.29) is 23.3 Å². The molecule has 0 bridgehead atoms. The van der Waals surface area contributed by atoms with Crippen molar-refractivity contribution in [1.82, 2.24) is 10.2 Å². The lowest BCUT2D eigenvalue weighted by Crippen LogP contribution is -2.49. The second kappa shape index (κ2) is 11.2. The Morgan fingerprint density at radius 3 is 2.15 bits per heavy atom. The molecule has 0 saturated heterocycles. The monoisotopic (exact) mass is 468 g/mol. The van der Waals surface area contributed by atoms with Crippen molar-refractivity contribution in [1.29, 1.82) is 0 Å². The largest absolute Gasteiger partial charge is 0.352 e. The average molecular weight is 469 g/mol. The van der Waals surface area contributed by atoms with Crippen molar-refractivity contribution < 1.29 is 9.59 Å². The summed E-state index contributed by atoms with van der Waals surface area (Å²) in [5.41, 5.74) is 3.47. The Labute approximate surface area is 203 Å². The van der Waals surface area contributed by atoms with Gasteiger partial charge in [-0.05, 0) is 60.4 Å². The highest BCUT2D eigenvalue weighted by molar-refractivity contribution is 6.30. The zero-order valence-electron chi connectivity index (χ0n) is 20.4. The first kappa shape index (κ1) is 25.3. The number of carbonyl (C=O) groups is 2. The first-order chi connectivity index (χ1) is 15.6. The predicted octanol–water partition coefficient (Wildman–Crippen LogP) is 6.05. The maximum Gasteiger partial charge on any atom is 0.242 e. The van der Waals surface area contributed by atoms with Gasteiger partial charge in [-0.15, -0.1) is 0 Å². The van der Waals surface area contributed by atoms with Crippen LogP contribution in [0, 0.1) is 0 Å². The lowest BCUT2D eigenvalue weighted by Gasteiger charge is -2.30. The van der Waals surface area contributed by atoms with E-state index in [0.717, 1.165) is 36.8 Å². The number of benzene rings is 2. The van der Waals surface area contributed by atoms with E-state index in [0.29, 0.717) is 24.4 Å². The first-order valence-corrected chi connectivity index (χ1v) is 12.4. The Morgan fingerprint density at radius 2 is 1.58 bits per heavy atom. The number of hydrogen-bond donors (Lipinski definition) is 1. The van der Waals surface area contributed by atoms with Crippen molar-refractivity contribution in [3.63, 3.8) is 0 Å². The third-order valence-corrected chi connectivity index (χ3v) is 6.83. The molecule has 1 atom stereocenters. The molecule has 4 nitrogen and oxygen atoms in total. The van der Waals surface area contributed by atoms with Crippen LogP contribution in [0.2, 0.25) is 5.02 Å². The first-order valence-electron chi connectivity index (χ1n) is 12.1. The van der Waals surface area contributed by atoms with E-state index in [1.54, 1.807) is 4.90 Å². The normalized spacial score (nSPS) is 15.3. The Morgan fingerprint density at radius 1 is 1.00 bits per heavy atom. The van der Waals surface area contributed by atoms with Gasteiger partial charge in [0.15, 0.2) is 0 Å². The maximum atomic E-state index is 13.3. The predicted molar refractivity (Wildman–Crippen MR) is 135 cm³/mol. The van der Waals surface area contributed by atoms with Crippen molar-refractivity contribution in [2.45, 2.75) is 90.3 Å². The van der Waals surface area contributed by atoms with Crippen LogP contribution >= 0.6 is 11.6 Å². The SMILES string of the molecule is C[C@H](C(=O)NC1CCCC1)N(Cc1ccc(Cl)cc1)C(=O)CCc1ccc(C(C)(C)C)cc1. The highest BCUT2D eigenvalue weighted by Crippen LogP contribution is 2.23. The minimum Gasteiger partial charge on any atom is -0.352 e. The molecule has 0 spiro atoms. The molecule has 1 N–H and O–H groups in total. The maximum absolute atomic E-state index is 13.3. The number of nitrogens with one attached hydrogen (secondary N) is 1. The van der Waals surface area contributed by atoms with Gasteiger partial charge in [0, 0.05) is 24.0 Å². The number of carbonyl (C=O) groups excluding carboxylic acids is 2. The van der Waals surface area contributed by atoms with Crippen molar-refractivity contribution >= 4 is 23.4 Å². The van der Waals surface area contributed by atoms with Crippen LogP contribution in [0.25, 0.3) is 0 Å². The molecular weight excluding hydrogens is 432 g/mol. The van der Waals surface area contributed by atoms with Crippen LogP contribution in [0.3, 0.4) is 0 Å². The van der Waals surface area contributed by atoms with Gasteiger partial charge in [0.25, 0.3) is 0 Å². The molecule has 1 aliphatic carbocycles. The number of aryl methyl sites for hydroxylation is 1. The van der Waals surface area contributed by atoms with Gasteiger partial charge < -0.3 is 10.2 Å². The van der Waals surface area contributed by atoms with Crippen molar-refractivity contribution in [3.05, 3.63) is 70.2 Å². The number of amides is 2. The zero-order chi connectivity index (χ0) is 24.0. The Kier molecular flexibility index (Phi) is 8.58. The van der Waals surface area contributed by atoms with Crippen molar-refractivity contribution in [3.8, 4) is 0 Å². The van der Waals surface area contributed by atoms with Crippen LogP contribution in [0.1, 0.15) is 76.5 Å². The molecule has 2 aromatic rings. The van der Waals surface area contributed by atoms with Gasteiger partial charge in [-0.1, -0.05) is 81.6 Å². The summed E-state index contributed by atoms with van der Waals surface area (Å²) in [7, 11) is 0. The molecule has 0 unspecified atom stereocenters. The Bertz CT molecular complexity index is 926. The second-order valence-electron chi connectivity index (χ2n) is 10.3. The third kappa shape index (κ3) is 7.33. The lowest BCUT2D eigenvalue weighted by molar-refractivity contribution is -0.140. The van der Waals surface area contributed by atoms with Gasteiger partial charge in [-0.3, -0.25) is 9.59 Å². The average Bonchev–Trinajstić information content (AvgIpc) is 3.29. The summed E-state index contributed by atoms with van der Waals surface area (Å²) >= 11 is 6.03. The van der Waals surface area contributed by atoms with Crippen LogP contribution in [0.4, 0.5) is 0 Å². The fourth-order valence-corrected chi connectivity index (χ4v) is 4.45. The number of rotatable bonds is 8. The Balaban J connectivity index is 1.69. The highest BCUT2D eigenvalue weighted by Gasteiger charge is 2.28. The van der Waals surface area contributed by atoms with Gasteiger partial charge >= 0.3 is 0 Å². The summed E-state index contributed by atoms with van der Waals surface area (Å²) in [6.45, 7) is 8.79. The van der Waals surface area contributed by atoms with E-state index in [1.807, 2.05) is 31.2 Å². The molecular formula is C28H37ClN2O2. The van der Waals surface area contributed by atoms with Crippen LogP contribution in [0.15, 0.2) is 48.5 Å². The van der Waals surface area contributed by atoms with Crippen LogP contribution in [-0.2, 0) is 28.0 Å². The van der Waals surface area contributed by atoms with Gasteiger partial charge in [-0.2, -0.15) is 0 Å². The number of halogens is 1. The fourth-order valence-electron chi connectivity index (χ4n) is 4.33. The molecule has 33 heavy (non-hydrogen) atoms. The zero-order valence-corrected chi connectivity index (χ0v) is 21.1. The lowest BCUT2D eigenvalue weighted by atomic mass is 9.86. The summed E-state index contributed by atoms with van der Waals surface area (Å²) in [4.78, 5) is 28.0. The number of hydrogen-bond acceptors (Lipinski definition) is 2. The van der Waals surface area contributed by atoms with Gasteiger partial charge in [0.2, 0.25) is 11.8 Å². The van der Waals surface area contributed by atoms with E-state index in [4.69, 9.17) is 11.6 Å². The van der Waals surface area contributed by atoms with Gasteiger partial charge in [-0.25, -0.2) is 0 Å². The van der Waals surface area contributed by atoms with E-state index in [1.165, 1.54) is 5.56 Å². The highest BCUT2D eigenvalue weighted by atomic mass is 35.5. The third-order valence-electron chi connectivity index (χ3n) is 6.58. The molecule has 2 aromatic carbocycles. The van der Waals surface area contributed by atoms with Crippen molar-refractivity contribution in [2.75, 3.05) is 0 Å². The van der Waals surface area contributed by atoms with Gasteiger partial charge in [0.1, 0.15) is 6.04 Å². The van der Waals surface area contributed by atoms with Crippen LogP contribution in [-0.4, -0.2) is 28.8 Å². The van der Waals surface area contributed by atoms with E-state index in [9.17, 15) is 9.59 Å². The second-order valence-corrected chi connectivity index (χ2v) is 10.7. The molecule has 2 amide bonds. The summed E-state index contributed by atoms with van der Waals surface area (Å²) in [5, 5.41) is 3.80. The van der Waals surface area contributed by atoms with E-state index in [2.05, 4.69) is 50.4 Å². The molecule has 1 saturated carbocycles. The molecule has 0 radical (unpaired) electrons. The van der Waals surface area contributed by atoms with E-state index >= 15 is 0 Å². The summed E-state index contributed by atoms with van der Waals surface area (Å²) < 4.78 is 0. The number of nitrogens with zero attached hydrogens (tertiary/aromatic N) is 1. The van der Waals surface area contributed by atoms with E-state index < -0.39 is 6.04 Å². The minimum absolute atomic E-state index is 0.0149. The molecule has 3 rings (SSSR count). The molecule has 1 aliphatic rings. The van der Waals surface area contributed by atoms with Crippen molar-refractivity contribution in [2.24, 2.45) is 0 Å². The van der Waals surface area contributed by atoms with Crippen LogP contribution < -0.4 is 5.32 Å². The summed E-state index contributed by atoms with van der Waals surface area (Å²) in [6.07, 6.45) is 5.37. The molecule has 0 aromatic heterocycles. The Hall–Kier alpha value is -2.33. The molecule has 1 fully saturated rings. The molecule has 0 heterocycles. The molecule has 5 heteroatoms. The summed E-state index contributed by atoms with van der Waals surface area (Å²) in [6, 6.07) is 15.7. The minimum atomic E-state index is -0.531. The molecule has 0 aliphatic heterocycles. The molecule has 178 valence electrons. The van der Waals surface area contributed by atoms with Gasteiger partial charge in [0.05, 0.1) is 0 Å². The summed E-state index contributed by atoms with van der Waals surface area (Å²) in [5.74, 6) is -0.0855. The smallest absolute Gasteiger partial charge is 0.242 e. The standard InChI is InChI=1S/C28H37ClN2O2/c1-20(27(33)30-25-7-5-6-8-25)31(19-22-11-16-24(29)17-12-22)26(32)18-13-21-9-14-23(15-10-21)28(2,3)4/h9-12,14-17,20,25H,5-8,13,18-19H2,1-4H3,(H,30,33)/t20-/m1/s1. The topological polar surface area (TPSA) is 49.4 Å². The van der Waals surface area contributed by atoms with Crippen LogP contribution in [0.5, 0.6) is 0 Å².